The molecule has 0 aromatic heterocycles. The highest BCUT2D eigenvalue weighted by Crippen LogP contribution is 2.17. The zero-order valence-corrected chi connectivity index (χ0v) is 9.28. The Morgan fingerprint density at radius 2 is 2.36 bits per heavy atom. The minimum absolute atomic E-state index is 0.0690. The van der Waals surface area contributed by atoms with E-state index in [2.05, 4.69) is 5.10 Å². The van der Waals surface area contributed by atoms with Crippen molar-refractivity contribution in [3.63, 3.8) is 0 Å². The molecular weight excluding hydrogens is 180 g/mol. The van der Waals surface area contributed by atoms with Gasteiger partial charge in [-0.25, -0.2) is 0 Å². The lowest BCUT2D eigenvalue weighted by atomic mass is 9.98. The second kappa shape index (κ2) is 4.55. The lowest BCUT2D eigenvalue weighted by Crippen LogP contribution is -2.34. The van der Waals surface area contributed by atoms with E-state index in [1.54, 1.807) is 12.1 Å². The Balaban J connectivity index is 2.58. The fourth-order valence-electron chi connectivity index (χ4n) is 1.61. The highest BCUT2D eigenvalue weighted by atomic mass is 16.5. The molecule has 4 heteroatoms. The third-order valence-electron chi connectivity index (χ3n) is 2.39. The van der Waals surface area contributed by atoms with E-state index in [-0.39, 0.29) is 17.7 Å². The van der Waals surface area contributed by atoms with Gasteiger partial charge in [-0.05, 0) is 0 Å². The predicted octanol–water partition coefficient (Wildman–Crippen LogP) is 0.918. The molecule has 1 rings (SSSR count). The summed E-state index contributed by atoms with van der Waals surface area (Å²) in [7, 11) is 3.48. The van der Waals surface area contributed by atoms with Crippen molar-refractivity contribution in [2.45, 2.75) is 26.3 Å². The Morgan fingerprint density at radius 1 is 1.71 bits per heavy atom. The van der Waals surface area contributed by atoms with Gasteiger partial charge in [0.2, 0.25) is 0 Å². The first kappa shape index (κ1) is 11.2. The van der Waals surface area contributed by atoms with Crippen molar-refractivity contribution in [2.75, 3.05) is 20.8 Å². The zero-order chi connectivity index (χ0) is 10.7. The van der Waals surface area contributed by atoms with Gasteiger partial charge in [-0.15, -0.1) is 0 Å². The zero-order valence-electron chi connectivity index (χ0n) is 9.28. The molecule has 1 atom stereocenters. The maximum absolute atomic E-state index is 11.7. The Kier molecular flexibility index (Phi) is 3.63. The Hall–Kier alpha value is -0.900. The molecule has 0 radical (unpaired) electrons. The summed E-state index contributed by atoms with van der Waals surface area (Å²) in [5, 5.41) is 6.01. The van der Waals surface area contributed by atoms with E-state index in [4.69, 9.17) is 4.74 Å². The molecule has 1 heterocycles. The van der Waals surface area contributed by atoms with Gasteiger partial charge in [0.05, 0.1) is 12.3 Å². The SMILES string of the molecule is COCC1=NN(C)C(C(=O)C(C)C)C1. The van der Waals surface area contributed by atoms with Gasteiger partial charge in [0.15, 0.2) is 5.78 Å². The number of carbonyl (C=O) groups excluding carboxylic acids is 1. The summed E-state index contributed by atoms with van der Waals surface area (Å²) < 4.78 is 4.99. The molecule has 0 aromatic carbocycles. The molecule has 1 aliphatic rings. The summed E-state index contributed by atoms with van der Waals surface area (Å²) in [4.78, 5) is 11.7. The van der Waals surface area contributed by atoms with Gasteiger partial charge in [0, 0.05) is 26.5 Å². The second-order valence-corrected chi connectivity index (χ2v) is 3.95. The molecule has 4 nitrogen and oxygen atoms in total. The van der Waals surface area contributed by atoms with Crippen molar-refractivity contribution in [3.8, 4) is 0 Å². The minimum atomic E-state index is -0.0832. The van der Waals surface area contributed by atoms with Crippen molar-refractivity contribution in [1.29, 1.82) is 0 Å². The quantitative estimate of drug-likeness (QED) is 0.674. The first-order valence-corrected chi connectivity index (χ1v) is 4.88. The fraction of sp³-hybridized carbons (Fsp3) is 0.800. The van der Waals surface area contributed by atoms with Crippen LogP contribution >= 0.6 is 0 Å². The molecule has 0 aromatic rings. The Morgan fingerprint density at radius 3 is 2.86 bits per heavy atom. The first-order valence-electron chi connectivity index (χ1n) is 4.88. The number of methoxy groups -OCH3 is 1. The smallest absolute Gasteiger partial charge is 0.159 e. The average Bonchev–Trinajstić information content (AvgIpc) is 2.46. The topological polar surface area (TPSA) is 41.9 Å². The number of hydrazone groups is 1. The Labute approximate surface area is 84.9 Å². The average molecular weight is 198 g/mol. The molecule has 1 unspecified atom stereocenters. The van der Waals surface area contributed by atoms with E-state index in [1.807, 2.05) is 20.9 Å². The van der Waals surface area contributed by atoms with Crippen LogP contribution in [0.15, 0.2) is 5.10 Å². The molecule has 0 spiro atoms. The number of carbonyl (C=O) groups is 1. The van der Waals surface area contributed by atoms with E-state index in [1.165, 1.54) is 0 Å². The molecule has 1 aliphatic heterocycles. The van der Waals surface area contributed by atoms with Crippen LogP contribution in [0.4, 0.5) is 0 Å². The van der Waals surface area contributed by atoms with Gasteiger partial charge in [0.25, 0.3) is 0 Å². The summed E-state index contributed by atoms with van der Waals surface area (Å²) >= 11 is 0. The van der Waals surface area contributed by atoms with Crippen molar-refractivity contribution >= 4 is 11.5 Å². The van der Waals surface area contributed by atoms with Gasteiger partial charge in [-0.1, -0.05) is 13.8 Å². The minimum Gasteiger partial charge on any atom is -0.379 e. The maximum Gasteiger partial charge on any atom is 0.159 e. The van der Waals surface area contributed by atoms with Crippen LogP contribution in [-0.2, 0) is 9.53 Å². The largest absolute Gasteiger partial charge is 0.379 e. The van der Waals surface area contributed by atoms with E-state index in [0.717, 1.165) is 5.71 Å². The number of rotatable bonds is 4. The molecule has 14 heavy (non-hydrogen) atoms. The highest BCUT2D eigenvalue weighted by molar-refractivity contribution is 5.96. The molecule has 0 bridgehead atoms. The molecular formula is C10H18N2O2. The first-order chi connectivity index (χ1) is 6.56. The van der Waals surface area contributed by atoms with Gasteiger partial charge in [-0.3, -0.25) is 9.80 Å². The summed E-state index contributed by atoms with van der Waals surface area (Å²) in [6.07, 6.45) is 0.710. The summed E-state index contributed by atoms with van der Waals surface area (Å²) in [6.45, 7) is 4.36. The lowest BCUT2D eigenvalue weighted by Gasteiger charge is -2.18. The van der Waals surface area contributed by atoms with Crippen LogP contribution in [-0.4, -0.2) is 43.3 Å². The van der Waals surface area contributed by atoms with Gasteiger partial charge < -0.3 is 4.74 Å². The van der Waals surface area contributed by atoms with Crippen molar-refractivity contribution in [3.05, 3.63) is 0 Å². The summed E-state index contributed by atoms with van der Waals surface area (Å²) in [5.74, 6) is 0.321. The van der Waals surface area contributed by atoms with E-state index >= 15 is 0 Å². The van der Waals surface area contributed by atoms with Gasteiger partial charge in [0.1, 0.15) is 6.04 Å². The molecule has 0 amide bonds. The fourth-order valence-corrected chi connectivity index (χ4v) is 1.61. The van der Waals surface area contributed by atoms with Crippen LogP contribution in [0.1, 0.15) is 20.3 Å². The number of Topliss-reactive ketones (excluding diaryl/α,β-unsaturated/α-hetero) is 1. The van der Waals surface area contributed by atoms with Crippen molar-refractivity contribution in [2.24, 2.45) is 11.0 Å². The van der Waals surface area contributed by atoms with E-state index < -0.39 is 0 Å². The predicted molar refractivity (Wildman–Crippen MR) is 55.3 cm³/mol. The molecule has 0 saturated heterocycles. The number of nitrogens with zero attached hydrogens (tertiary/aromatic N) is 2. The molecule has 80 valence electrons. The number of ether oxygens (including phenoxy) is 1. The number of hydrogen-bond acceptors (Lipinski definition) is 4. The van der Waals surface area contributed by atoms with E-state index in [0.29, 0.717) is 13.0 Å². The third-order valence-corrected chi connectivity index (χ3v) is 2.39. The monoisotopic (exact) mass is 198 g/mol. The molecule has 0 N–H and O–H groups in total. The van der Waals surface area contributed by atoms with Crippen LogP contribution in [0, 0.1) is 5.92 Å². The van der Waals surface area contributed by atoms with Crippen LogP contribution in [0.5, 0.6) is 0 Å². The lowest BCUT2D eigenvalue weighted by molar-refractivity contribution is -0.126. The van der Waals surface area contributed by atoms with Crippen LogP contribution in [0.2, 0.25) is 0 Å². The Bertz CT molecular complexity index is 249. The van der Waals surface area contributed by atoms with Crippen LogP contribution in [0.3, 0.4) is 0 Å². The third kappa shape index (κ3) is 2.32. The number of likely N-dealkylation sites (N-methyl/N-ethyl adjacent to an activating group) is 1. The normalized spacial score (nSPS) is 21.6. The van der Waals surface area contributed by atoms with Crippen LogP contribution < -0.4 is 0 Å². The van der Waals surface area contributed by atoms with Gasteiger partial charge >= 0.3 is 0 Å². The standard InChI is InChI=1S/C10H18N2O2/c1-7(2)10(13)9-5-8(6-14-4)11-12(9)3/h7,9H,5-6H2,1-4H3. The van der Waals surface area contributed by atoms with Crippen molar-refractivity contribution in [1.82, 2.24) is 5.01 Å². The van der Waals surface area contributed by atoms with Crippen LogP contribution in [0.25, 0.3) is 0 Å². The molecule has 0 saturated carbocycles. The second-order valence-electron chi connectivity index (χ2n) is 3.95. The number of ketones is 1. The molecule has 0 aliphatic carbocycles. The van der Waals surface area contributed by atoms with Gasteiger partial charge in [-0.2, -0.15) is 5.10 Å². The summed E-state index contributed by atoms with van der Waals surface area (Å²) in [5.41, 5.74) is 0.953. The maximum atomic E-state index is 11.7. The number of hydrogen-bond donors (Lipinski definition) is 0. The van der Waals surface area contributed by atoms with E-state index in [9.17, 15) is 4.79 Å². The summed E-state index contributed by atoms with van der Waals surface area (Å²) in [6, 6.07) is -0.0832. The highest BCUT2D eigenvalue weighted by Gasteiger charge is 2.30. The molecule has 0 fully saturated rings. The van der Waals surface area contributed by atoms with Crippen molar-refractivity contribution < 1.29 is 9.53 Å².